The molecule has 0 saturated carbocycles. The van der Waals surface area contributed by atoms with Crippen LogP contribution in [0.5, 0.6) is 0 Å². The van der Waals surface area contributed by atoms with Gasteiger partial charge in [0, 0.05) is 13.2 Å². The second-order valence-electron chi connectivity index (χ2n) is 3.74. The largest absolute Gasteiger partial charge is 0.351 e. The highest BCUT2D eigenvalue weighted by molar-refractivity contribution is 5.87. The molecule has 0 aromatic carbocycles. The maximum absolute atomic E-state index is 11.4. The van der Waals surface area contributed by atoms with Gasteiger partial charge in [-0.05, 0) is 26.3 Å². The van der Waals surface area contributed by atoms with Gasteiger partial charge in [-0.25, -0.2) is 0 Å². The predicted octanol–water partition coefficient (Wildman–Crippen LogP) is 2.25. The third-order valence-corrected chi connectivity index (χ3v) is 2.37. The number of carbonyl (C=O) groups excluding carboxylic acids is 1. The summed E-state index contributed by atoms with van der Waals surface area (Å²) in [7, 11) is 0. The molecule has 0 saturated heterocycles. The molecule has 0 aliphatic heterocycles. The van der Waals surface area contributed by atoms with E-state index in [2.05, 4.69) is 18.8 Å². The number of hydrogen-bond donors (Lipinski definition) is 1. The minimum absolute atomic E-state index is 0.111. The Morgan fingerprint density at radius 2 is 1.88 bits per heavy atom. The van der Waals surface area contributed by atoms with Gasteiger partial charge < -0.3 is 14.8 Å². The van der Waals surface area contributed by atoms with E-state index in [1.807, 2.05) is 13.8 Å². The van der Waals surface area contributed by atoms with E-state index in [4.69, 9.17) is 9.47 Å². The van der Waals surface area contributed by atoms with Crippen molar-refractivity contribution in [1.82, 2.24) is 5.32 Å². The Hall–Kier alpha value is -0.870. The van der Waals surface area contributed by atoms with Gasteiger partial charge in [0.15, 0.2) is 6.29 Å². The molecule has 0 spiro atoms. The topological polar surface area (TPSA) is 47.6 Å². The number of carbonyl (C=O) groups is 1. The lowest BCUT2D eigenvalue weighted by Gasteiger charge is -2.27. The van der Waals surface area contributed by atoms with E-state index in [1.54, 1.807) is 0 Å². The molecule has 0 heterocycles. The summed E-state index contributed by atoms with van der Waals surface area (Å²) in [5, 5.41) is 2.86. The van der Waals surface area contributed by atoms with Crippen LogP contribution in [0.2, 0.25) is 0 Å². The Morgan fingerprint density at radius 1 is 1.29 bits per heavy atom. The monoisotopic (exact) mass is 243 g/mol. The summed E-state index contributed by atoms with van der Waals surface area (Å²) in [6, 6.07) is -0.111. The quantitative estimate of drug-likeness (QED) is 0.473. The van der Waals surface area contributed by atoms with Gasteiger partial charge in [-0.1, -0.05) is 26.3 Å². The van der Waals surface area contributed by atoms with Gasteiger partial charge in [0.1, 0.15) is 0 Å². The number of hydrogen-bond acceptors (Lipinski definition) is 3. The Kier molecular flexibility index (Phi) is 9.77. The minimum Gasteiger partial charge on any atom is -0.351 e. The van der Waals surface area contributed by atoms with Crippen molar-refractivity contribution in [2.45, 2.75) is 52.4 Å². The first-order valence-corrected chi connectivity index (χ1v) is 6.35. The van der Waals surface area contributed by atoms with Crippen LogP contribution in [0.15, 0.2) is 12.7 Å². The van der Waals surface area contributed by atoms with Crippen LogP contribution >= 0.6 is 0 Å². The van der Waals surface area contributed by atoms with Gasteiger partial charge in [-0.3, -0.25) is 4.79 Å². The zero-order valence-electron chi connectivity index (χ0n) is 11.2. The molecule has 0 aliphatic rings. The van der Waals surface area contributed by atoms with Crippen molar-refractivity contribution in [2.24, 2.45) is 0 Å². The van der Waals surface area contributed by atoms with E-state index in [0.717, 1.165) is 19.3 Å². The summed E-state index contributed by atoms with van der Waals surface area (Å²) < 4.78 is 11.0. The van der Waals surface area contributed by atoms with Gasteiger partial charge >= 0.3 is 0 Å². The lowest BCUT2D eigenvalue weighted by atomic mass is 10.1. The zero-order chi connectivity index (χ0) is 13.1. The third-order valence-electron chi connectivity index (χ3n) is 2.37. The molecule has 0 aliphatic carbocycles. The lowest BCUT2D eigenvalue weighted by molar-refractivity contribution is -0.158. The van der Waals surface area contributed by atoms with Crippen LogP contribution in [0.1, 0.15) is 40.0 Å². The van der Waals surface area contributed by atoms with Crippen LogP contribution in [0.25, 0.3) is 0 Å². The summed E-state index contributed by atoms with van der Waals surface area (Å²) in [6.07, 6.45) is 3.85. The van der Waals surface area contributed by atoms with Gasteiger partial charge in [-0.15, -0.1) is 0 Å². The molecule has 4 heteroatoms. The van der Waals surface area contributed by atoms with E-state index < -0.39 is 0 Å². The summed E-state index contributed by atoms with van der Waals surface area (Å²) in [6.45, 7) is 10.5. The number of unbranched alkanes of at least 4 members (excludes halogenated alkanes) is 1. The van der Waals surface area contributed by atoms with E-state index in [-0.39, 0.29) is 18.2 Å². The van der Waals surface area contributed by atoms with Crippen LogP contribution in [-0.4, -0.2) is 31.5 Å². The Bertz CT molecular complexity index is 213. The zero-order valence-corrected chi connectivity index (χ0v) is 11.2. The minimum atomic E-state index is -0.375. The Labute approximate surface area is 104 Å². The van der Waals surface area contributed by atoms with Gasteiger partial charge in [0.05, 0.1) is 6.04 Å². The molecule has 0 radical (unpaired) electrons. The molecule has 4 nitrogen and oxygen atoms in total. The SMILES string of the molecule is C=CC(=O)NC(CCCC)C(OCC)OCC. The summed E-state index contributed by atoms with van der Waals surface area (Å²) in [5.41, 5.74) is 0. The molecule has 1 N–H and O–H groups in total. The van der Waals surface area contributed by atoms with Gasteiger partial charge in [0.25, 0.3) is 0 Å². The second kappa shape index (κ2) is 10.3. The second-order valence-corrected chi connectivity index (χ2v) is 3.74. The number of amides is 1. The number of ether oxygens (including phenoxy) is 2. The number of nitrogens with one attached hydrogen (secondary N) is 1. The fourth-order valence-corrected chi connectivity index (χ4v) is 1.55. The molecular formula is C13H25NO3. The van der Waals surface area contributed by atoms with Crippen LogP contribution in [-0.2, 0) is 14.3 Å². The van der Waals surface area contributed by atoms with Crippen molar-refractivity contribution in [1.29, 1.82) is 0 Å². The third kappa shape index (κ3) is 7.13. The van der Waals surface area contributed by atoms with Crippen LogP contribution in [0, 0.1) is 0 Å². The van der Waals surface area contributed by atoms with Crippen molar-refractivity contribution in [3.63, 3.8) is 0 Å². The van der Waals surface area contributed by atoms with Crippen LogP contribution in [0.4, 0.5) is 0 Å². The molecule has 1 unspecified atom stereocenters. The average Bonchev–Trinajstić information content (AvgIpc) is 2.34. The van der Waals surface area contributed by atoms with Crippen LogP contribution in [0.3, 0.4) is 0 Å². The average molecular weight is 243 g/mol. The summed E-state index contributed by atoms with van der Waals surface area (Å²) >= 11 is 0. The Morgan fingerprint density at radius 3 is 2.29 bits per heavy atom. The van der Waals surface area contributed by atoms with Gasteiger partial charge in [-0.2, -0.15) is 0 Å². The van der Waals surface area contributed by atoms with E-state index >= 15 is 0 Å². The molecule has 0 rings (SSSR count). The molecule has 100 valence electrons. The fraction of sp³-hybridized carbons (Fsp3) is 0.769. The Balaban J connectivity index is 4.46. The summed E-state index contributed by atoms with van der Waals surface area (Å²) in [4.78, 5) is 11.4. The highest BCUT2D eigenvalue weighted by Crippen LogP contribution is 2.10. The van der Waals surface area contributed by atoms with E-state index in [0.29, 0.717) is 13.2 Å². The van der Waals surface area contributed by atoms with Crippen molar-refractivity contribution in [3.05, 3.63) is 12.7 Å². The first kappa shape index (κ1) is 16.1. The van der Waals surface area contributed by atoms with Crippen molar-refractivity contribution in [2.75, 3.05) is 13.2 Å². The molecular weight excluding hydrogens is 218 g/mol. The van der Waals surface area contributed by atoms with Gasteiger partial charge in [0.2, 0.25) is 5.91 Å². The smallest absolute Gasteiger partial charge is 0.243 e. The van der Waals surface area contributed by atoms with Crippen LogP contribution < -0.4 is 5.32 Å². The molecule has 1 atom stereocenters. The molecule has 0 fully saturated rings. The first-order chi connectivity index (χ1) is 8.19. The summed E-state index contributed by atoms with van der Waals surface area (Å²) in [5.74, 6) is -0.185. The normalized spacial score (nSPS) is 12.5. The fourth-order valence-electron chi connectivity index (χ4n) is 1.55. The predicted molar refractivity (Wildman–Crippen MR) is 68.7 cm³/mol. The first-order valence-electron chi connectivity index (χ1n) is 6.35. The maximum Gasteiger partial charge on any atom is 0.243 e. The lowest BCUT2D eigenvalue weighted by Crippen LogP contribution is -2.45. The molecule has 1 amide bonds. The highest BCUT2D eigenvalue weighted by atomic mass is 16.7. The molecule has 0 bridgehead atoms. The standard InChI is InChI=1S/C13H25NO3/c1-5-9-10-11(14-12(15)6-2)13(16-7-3)17-8-4/h6,11,13H,2,5,7-10H2,1,3-4H3,(H,14,15). The van der Waals surface area contributed by atoms with E-state index in [9.17, 15) is 4.79 Å². The molecule has 0 aromatic rings. The maximum atomic E-state index is 11.4. The molecule has 0 aromatic heterocycles. The molecule has 17 heavy (non-hydrogen) atoms. The van der Waals surface area contributed by atoms with Crippen molar-refractivity contribution < 1.29 is 14.3 Å². The number of rotatable bonds is 10. The van der Waals surface area contributed by atoms with Crippen molar-refractivity contribution in [3.8, 4) is 0 Å². The van der Waals surface area contributed by atoms with E-state index in [1.165, 1.54) is 6.08 Å². The highest BCUT2D eigenvalue weighted by Gasteiger charge is 2.22. The van der Waals surface area contributed by atoms with Crippen molar-refractivity contribution >= 4 is 5.91 Å².